The van der Waals surface area contributed by atoms with Gasteiger partial charge < -0.3 is 9.47 Å². The molecule has 2 aromatic carbocycles. The third-order valence-corrected chi connectivity index (χ3v) is 4.46. The molecule has 0 bridgehead atoms. The molecule has 2 aliphatic rings. The number of rotatable bonds is 0. The summed E-state index contributed by atoms with van der Waals surface area (Å²) in [4.78, 5) is 0. The van der Waals surface area contributed by atoms with E-state index in [0.29, 0.717) is 0 Å². The van der Waals surface area contributed by atoms with Gasteiger partial charge in [0, 0.05) is 12.0 Å². The number of hydrogen-bond donors (Lipinski definition) is 0. The minimum Gasteiger partial charge on any atom is -0.338 e. The van der Waals surface area contributed by atoms with E-state index in [-0.39, 0.29) is 12.2 Å². The van der Waals surface area contributed by atoms with Crippen molar-refractivity contribution in [2.45, 2.75) is 38.3 Å². The van der Waals surface area contributed by atoms with Gasteiger partial charge in [0.25, 0.3) is 0 Å². The average Bonchev–Trinajstić information content (AvgIpc) is 2.72. The van der Waals surface area contributed by atoms with Gasteiger partial charge in [-0.15, -0.1) is 0 Å². The van der Waals surface area contributed by atoms with Crippen LogP contribution in [0.1, 0.15) is 48.3 Å². The van der Waals surface area contributed by atoms with Gasteiger partial charge in [0.2, 0.25) is 5.79 Å². The van der Waals surface area contributed by atoms with E-state index in [1.807, 2.05) is 0 Å². The second kappa shape index (κ2) is 4.18. The largest absolute Gasteiger partial charge is 0.338 e. The molecule has 2 heteroatoms. The molecule has 3 atom stereocenters. The zero-order valence-electron chi connectivity index (χ0n) is 11.8. The van der Waals surface area contributed by atoms with Crippen molar-refractivity contribution in [1.29, 1.82) is 0 Å². The molecule has 2 heterocycles. The van der Waals surface area contributed by atoms with E-state index in [4.69, 9.17) is 9.47 Å². The third kappa shape index (κ3) is 1.58. The van der Waals surface area contributed by atoms with E-state index in [0.717, 1.165) is 6.42 Å². The van der Waals surface area contributed by atoms with Crippen LogP contribution in [-0.2, 0) is 21.7 Å². The topological polar surface area (TPSA) is 18.5 Å². The van der Waals surface area contributed by atoms with E-state index in [9.17, 15) is 0 Å². The minimum absolute atomic E-state index is 0.0540. The SMILES string of the molecule is C[C@@H]1OC2(Cc3ccccc31)O[C@H](C)c1ccccc12. The molecule has 2 aromatic rings. The van der Waals surface area contributed by atoms with Gasteiger partial charge in [0.1, 0.15) is 0 Å². The molecule has 0 radical (unpaired) electrons. The van der Waals surface area contributed by atoms with E-state index in [1.54, 1.807) is 0 Å². The quantitative estimate of drug-likeness (QED) is 0.709. The van der Waals surface area contributed by atoms with Gasteiger partial charge in [0.05, 0.1) is 12.2 Å². The lowest BCUT2D eigenvalue weighted by molar-refractivity contribution is -0.278. The molecular weight excluding hydrogens is 248 g/mol. The zero-order chi connectivity index (χ0) is 13.7. The molecule has 0 N–H and O–H groups in total. The summed E-state index contributed by atoms with van der Waals surface area (Å²) in [6.45, 7) is 4.21. The summed E-state index contributed by atoms with van der Waals surface area (Å²) in [5.41, 5.74) is 5.04. The van der Waals surface area contributed by atoms with Crippen LogP contribution < -0.4 is 0 Å². The molecule has 0 aromatic heterocycles. The monoisotopic (exact) mass is 266 g/mol. The Morgan fingerprint density at radius 2 is 1.45 bits per heavy atom. The maximum absolute atomic E-state index is 6.34. The Labute approximate surface area is 119 Å². The molecule has 0 fully saturated rings. The Balaban J connectivity index is 1.85. The first-order valence-corrected chi connectivity index (χ1v) is 7.22. The third-order valence-electron chi connectivity index (χ3n) is 4.46. The summed E-state index contributed by atoms with van der Waals surface area (Å²) in [5, 5.41) is 0. The molecule has 2 aliphatic heterocycles. The highest BCUT2D eigenvalue weighted by Gasteiger charge is 2.48. The van der Waals surface area contributed by atoms with Crippen LogP contribution in [0.15, 0.2) is 48.5 Å². The predicted octanol–water partition coefficient (Wildman–Crippen LogP) is 4.26. The van der Waals surface area contributed by atoms with Crippen molar-refractivity contribution < 1.29 is 9.47 Å². The van der Waals surface area contributed by atoms with Gasteiger partial charge >= 0.3 is 0 Å². The van der Waals surface area contributed by atoms with Crippen LogP contribution in [0, 0.1) is 0 Å². The lowest BCUT2D eigenvalue weighted by Crippen LogP contribution is -2.37. The molecule has 4 rings (SSSR count). The lowest BCUT2D eigenvalue weighted by atomic mass is 9.88. The fourth-order valence-electron chi connectivity index (χ4n) is 3.57. The van der Waals surface area contributed by atoms with E-state index >= 15 is 0 Å². The van der Waals surface area contributed by atoms with Crippen LogP contribution in [0.4, 0.5) is 0 Å². The van der Waals surface area contributed by atoms with Gasteiger partial charge in [-0.1, -0.05) is 48.5 Å². The molecule has 20 heavy (non-hydrogen) atoms. The van der Waals surface area contributed by atoms with Crippen molar-refractivity contribution in [3.05, 3.63) is 70.8 Å². The summed E-state index contributed by atoms with van der Waals surface area (Å²) in [6, 6.07) is 16.9. The first-order valence-electron chi connectivity index (χ1n) is 7.22. The Bertz CT molecular complexity index is 664. The lowest BCUT2D eigenvalue weighted by Gasteiger charge is -2.38. The number of ether oxygens (including phenoxy) is 2. The number of benzene rings is 2. The standard InChI is InChI=1S/C18H18O2/c1-12-15-8-4-3-7-14(15)11-18(19-12)17-10-6-5-9-16(17)13(2)20-18/h3-10,12-13H,11H2,1-2H3/t12-,13+,18?/m0/s1. The summed E-state index contributed by atoms with van der Waals surface area (Å²) in [7, 11) is 0. The maximum Gasteiger partial charge on any atom is 0.200 e. The molecule has 0 aliphatic carbocycles. The van der Waals surface area contributed by atoms with Crippen molar-refractivity contribution in [3.63, 3.8) is 0 Å². The summed E-state index contributed by atoms with van der Waals surface area (Å²) >= 11 is 0. The summed E-state index contributed by atoms with van der Waals surface area (Å²) in [6.07, 6.45) is 0.927. The molecule has 0 saturated heterocycles. The highest BCUT2D eigenvalue weighted by Crippen LogP contribution is 2.51. The highest BCUT2D eigenvalue weighted by molar-refractivity contribution is 5.41. The number of fused-ring (bicyclic) bond motifs is 3. The smallest absolute Gasteiger partial charge is 0.200 e. The maximum atomic E-state index is 6.34. The first-order chi connectivity index (χ1) is 9.70. The fraction of sp³-hybridized carbons (Fsp3) is 0.333. The van der Waals surface area contributed by atoms with Crippen LogP contribution >= 0.6 is 0 Å². The van der Waals surface area contributed by atoms with Crippen LogP contribution in [0.25, 0.3) is 0 Å². The fourth-order valence-corrected chi connectivity index (χ4v) is 3.57. The molecule has 0 saturated carbocycles. The summed E-state index contributed by atoms with van der Waals surface area (Å²) < 4.78 is 12.6. The zero-order valence-corrected chi connectivity index (χ0v) is 11.8. The van der Waals surface area contributed by atoms with E-state index in [2.05, 4.69) is 62.4 Å². The van der Waals surface area contributed by atoms with Crippen LogP contribution in [0.3, 0.4) is 0 Å². The first kappa shape index (κ1) is 12.1. The van der Waals surface area contributed by atoms with E-state index in [1.165, 1.54) is 22.3 Å². The van der Waals surface area contributed by atoms with Crippen LogP contribution in [0.5, 0.6) is 0 Å². The number of hydrogen-bond acceptors (Lipinski definition) is 2. The second-order valence-electron chi connectivity index (χ2n) is 5.74. The highest BCUT2D eigenvalue weighted by atomic mass is 16.7. The van der Waals surface area contributed by atoms with Gasteiger partial charge in [-0.25, -0.2) is 0 Å². The minimum atomic E-state index is -0.607. The van der Waals surface area contributed by atoms with Crippen molar-refractivity contribution in [2.75, 3.05) is 0 Å². The van der Waals surface area contributed by atoms with Gasteiger partial charge in [-0.3, -0.25) is 0 Å². The van der Waals surface area contributed by atoms with Crippen molar-refractivity contribution >= 4 is 0 Å². The van der Waals surface area contributed by atoms with E-state index < -0.39 is 5.79 Å². The van der Waals surface area contributed by atoms with Gasteiger partial charge in [0.15, 0.2) is 0 Å². The molecule has 102 valence electrons. The Kier molecular flexibility index (Phi) is 2.53. The second-order valence-corrected chi connectivity index (χ2v) is 5.74. The summed E-state index contributed by atoms with van der Waals surface area (Å²) in [5.74, 6) is -0.607. The molecule has 2 nitrogen and oxygen atoms in total. The van der Waals surface area contributed by atoms with Gasteiger partial charge in [-0.2, -0.15) is 0 Å². The van der Waals surface area contributed by atoms with Crippen molar-refractivity contribution in [1.82, 2.24) is 0 Å². The van der Waals surface area contributed by atoms with Gasteiger partial charge in [-0.05, 0) is 30.5 Å². The van der Waals surface area contributed by atoms with Crippen molar-refractivity contribution in [3.8, 4) is 0 Å². The van der Waals surface area contributed by atoms with Crippen LogP contribution in [-0.4, -0.2) is 0 Å². The molecule has 1 spiro atoms. The average molecular weight is 266 g/mol. The molecule has 0 amide bonds. The van der Waals surface area contributed by atoms with Crippen LogP contribution in [0.2, 0.25) is 0 Å². The molecule has 1 unspecified atom stereocenters. The molecular formula is C18H18O2. The Morgan fingerprint density at radius 3 is 2.25 bits per heavy atom. The Morgan fingerprint density at radius 1 is 0.850 bits per heavy atom. The van der Waals surface area contributed by atoms with Crippen molar-refractivity contribution in [2.24, 2.45) is 0 Å². The Hall–Kier alpha value is -1.64. The normalized spacial score (nSPS) is 31.1. The predicted molar refractivity (Wildman–Crippen MR) is 77.3 cm³/mol.